The molecule has 0 saturated heterocycles. The lowest BCUT2D eigenvalue weighted by molar-refractivity contribution is 0.115. The summed E-state index contributed by atoms with van der Waals surface area (Å²) in [6, 6.07) is 10.3. The van der Waals surface area contributed by atoms with E-state index in [2.05, 4.69) is 24.4 Å². The summed E-state index contributed by atoms with van der Waals surface area (Å²) in [4.78, 5) is 0. The smallest absolute Gasteiger partial charge is 0.134 e. The van der Waals surface area contributed by atoms with Crippen molar-refractivity contribution in [1.82, 2.24) is 5.32 Å². The highest BCUT2D eigenvalue weighted by atomic mass is 16.3. The lowest BCUT2D eigenvalue weighted by Crippen LogP contribution is -2.25. The molecule has 104 valence electrons. The predicted octanol–water partition coefficient (Wildman–Crippen LogP) is 3.49. The molecule has 2 rings (SSSR count). The maximum absolute atomic E-state index is 9.76. The lowest BCUT2D eigenvalue weighted by Gasteiger charge is -2.16. The van der Waals surface area contributed by atoms with Gasteiger partial charge in [-0.05, 0) is 37.9 Å². The number of benzene rings is 1. The molecule has 1 aromatic carbocycles. The zero-order chi connectivity index (χ0) is 13.8. The van der Waals surface area contributed by atoms with Crippen LogP contribution in [-0.2, 0) is 0 Å². The molecular weight excluding hydrogens is 238 g/mol. The summed E-state index contributed by atoms with van der Waals surface area (Å²) in [5.41, 5.74) is 0.924. The number of hydrogen-bond acceptors (Lipinski definition) is 3. The fourth-order valence-corrected chi connectivity index (χ4v) is 2.10. The molecule has 0 saturated carbocycles. The Labute approximate surface area is 114 Å². The van der Waals surface area contributed by atoms with Gasteiger partial charge in [0.25, 0.3) is 0 Å². The summed E-state index contributed by atoms with van der Waals surface area (Å²) >= 11 is 0. The van der Waals surface area contributed by atoms with Crippen molar-refractivity contribution in [3.8, 4) is 0 Å². The molecule has 0 radical (unpaired) electrons. The Morgan fingerprint density at radius 2 is 1.95 bits per heavy atom. The van der Waals surface area contributed by atoms with E-state index in [-0.39, 0.29) is 12.1 Å². The average Bonchev–Trinajstić information content (AvgIpc) is 2.82. The minimum absolute atomic E-state index is 0.159. The van der Waals surface area contributed by atoms with Gasteiger partial charge in [-0.3, -0.25) is 0 Å². The highest BCUT2D eigenvalue weighted by molar-refractivity contribution is 5.77. The fourth-order valence-electron chi connectivity index (χ4n) is 2.10. The van der Waals surface area contributed by atoms with E-state index in [0.717, 1.165) is 29.7 Å². The Morgan fingerprint density at radius 1 is 1.21 bits per heavy atom. The quantitative estimate of drug-likeness (QED) is 0.836. The van der Waals surface area contributed by atoms with Crippen LogP contribution in [0.2, 0.25) is 0 Å². The number of para-hydroxylation sites is 1. The van der Waals surface area contributed by atoms with Crippen LogP contribution in [-0.4, -0.2) is 17.8 Å². The average molecular weight is 261 g/mol. The van der Waals surface area contributed by atoms with Crippen LogP contribution in [0.15, 0.2) is 34.7 Å². The van der Waals surface area contributed by atoms with E-state index >= 15 is 0 Å². The van der Waals surface area contributed by atoms with E-state index in [1.807, 2.05) is 32.0 Å². The number of aliphatic hydroxyl groups excluding tert-OH is 1. The van der Waals surface area contributed by atoms with Crippen LogP contribution in [0.3, 0.4) is 0 Å². The van der Waals surface area contributed by atoms with E-state index < -0.39 is 0 Å². The Bertz CT molecular complexity index is 485. The molecule has 1 heterocycles. The van der Waals surface area contributed by atoms with Crippen molar-refractivity contribution in [3.05, 3.63) is 36.1 Å². The van der Waals surface area contributed by atoms with Gasteiger partial charge in [0, 0.05) is 5.39 Å². The van der Waals surface area contributed by atoms with Gasteiger partial charge < -0.3 is 14.8 Å². The Kier molecular flexibility index (Phi) is 4.61. The van der Waals surface area contributed by atoms with Gasteiger partial charge in [-0.25, -0.2) is 0 Å². The minimum atomic E-state index is -0.240. The normalized spacial score (nSPS) is 15.0. The zero-order valence-corrected chi connectivity index (χ0v) is 11.9. The van der Waals surface area contributed by atoms with Crippen molar-refractivity contribution < 1.29 is 9.52 Å². The summed E-state index contributed by atoms with van der Waals surface area (Å²) in [7, 11) is 0. The molecule has 0 aliphatic heterocycles. The van der Waals surface area contributed by atoms with Crippen LogP contribution < -0.4 is 5.32 Å². The van der Waals surface area contributed by atoms with Crippen LogP contribution in [0.25, 0.3) is 11.0 Å². The molecule has 2 atom stereocenters. The third-order valence-electron chi connectivity index (χ3n) is 3.53. The highest BCUT2D eigenvalue weighted by Gasteiger charge is 2.13. The van der Waals surface area contributed by atoms with Crippen molar-refractivity contribution in [2.75, 3.05) is 6.54 Å². The van der Waals surface area contributed by atoms with E-state index in [9.17, 15) is 5.11 Å². The van der Waals surface area contributed by atoms with Gasteiger partial charge in [-0.2, -0.15) is 0 Å². The number of nitrogens with one attached hydrogen (secondary N) is 1. The molecule has 19 heavy (non-hydrogen) atoms. The number of fused-ring (bicyclic) bond motifs is 1. The van der Waals surface area contributed by atoms with Crippen LogP contribution in [0.5, 0.6) is 0 Å². The summed E-state index contributed by atoms with van der Waals surface area (Å²) in [5, 5.41) is 14.3. The Morgan fingerprint density at radius 3 is 2.63 bits per heavy atom. The monoisotopic (exact) mass is 261 g/mol. The second-order valence-corrected chi connectivity index (χ2v) is 5.46. The maximum Gasteiger partial charge on any atom is 0.134 e. The number of furan rings is 1. The summed E-state index contributed by atoms with van der Waals surface area (Å²) in [6.07, 6.45) is 0.526. The molecule has 0 fully saturated rings. The van der Waals surface area contributed by atoms with Crippen molar-refractivity contribution >= 4 is 11.0 Å². The fraction of sp³-hybridized carbons (Fsp3) is 0.500. The number of rotatable bonds is 6. The van der Waals surface area contributed by atoms with Crippen molar-refractivity contribution in [2.24, 2.45) is 5.92 Å². The molecule has 3 heteroatoms. The molecule has 3 nitrogen and oxygen atoms in total. The zero-order valence-electron chi connectivity index (χ0n) is 11.9. The largest absolute Gasteiger partial charge is 0.459 e. The van der Waals surface area contributed by atoms with Gasteiger partial charge in [0.1, 0.15) is 11.3 Å². The standard InChI is InChI=1S/C16H23NO2/c1-11(2)14(18)8-9-17-12(3)16-10-13-6-4-5-7-15(13)19-16/h4-7,10-12,14,17-18H,8-9H2,1-3H3. The SMILES string of the molecule is CC(NCCC(O)C(C)C)c1cc2ccccc2o1. The molecule has 0 aliphatic rings. The van der Waals surface area contributed by atoms with E-state index in [1.54, 1.807) is 0 Å². The molecule has 2 unspecified atom stereocenters. The topological polar surface area (TPSA) is 45.4 Å². The van der Waals surface area contributed by atoms with Gasteiger partial charge in [-0.15, -0.1) is 0 Å². The second kappa shape index (κ2) is 6.22. The van der Waals surface area contributed by atoms with Crippen LogP contribution in [0, 0.1) is 5.92 Å². The second-order valence-electron chi connectivity index (χ2n) is 5.46. The minimum Gasteiger partial charge on any atom is -0.459 e. The first-order valence-corrected chi connectivity index (χ1v) is 6.98. The molecule has 0 amide bonds. The van der Waals surface area contributed by atoms with Crippen molar-refractivity contribution in [2.45, 2.75) is 39.3 Å². The van der Waals surface area contributed by atoms with E-state index in [4.69, 9.17) is 4.42 Å². The molecule has 1 aromatic heterocycles. The van der Waals surface area contributed by atoms with Gasteiger partial charge in [-0.1, -0.05) is 32.0 Å². The van der Waals surface area contributed by atoms with E-state index in [0.29, 0.717) is 5.92 Å². The predicted molar refractivity (Wildman–Crippen MR) is 78.1 cm³/mol. The van der Waals surface area contributed by atoms with Gasteiger partial charge in [0.2, 0.25) is 0 Å². The van der Waals surface area contributed by atoms with Crippen LogP contribution in [0.4, 0.5) is 0 Å². The van der Waals surface area contributed by atoms with Gasteiger partial charge in [0.15, 0.2) is 0 Å². The number of aliphatic hydroxyl groups is 1. The summed E-state index contributed by atoms with van der Waals surface area (Å²) in [5.74, 6) is 1.25. The van der Waals surface area contributed by atoms with Gasteiger partial charge in [0.05, 0.1) is 12.1 Å². The van der Waals surface area contributed by atoms with Crippen LogP contribution in [0.1, 0.15) is 39.0 Å². The highest BCUT2D eigenvalue weighted by Crippen LogP contribution is 2.23. The summed E-state index contributed by atoms with van der Waals surface area (Å²) < 4.78 is 5.81. The Balaban J connectivity index is 1.91. The molecule has 2 aromatic rings. The molecular formula is C16H23NO2. The first kappa shape index (κ1) is 14.1. The summed E-state index contributed by atoms with van der Waals surface area (Å²) in [6.45, 7) is 6.94. The van der Waals surface area contributed by atoms with E-state index in [1.165, 1.54) is 0 Å². The first-order valence-electron chi connectivity index (χ1n) is 6.98. The number of hydrogen-bond donors (Lipinski definition) is 2. The molecule has 2 N–H and O–H groups in total. The van der Waals surface area contributed by atoms with Crippen molar-refractivity contribution in [3.63, 3.8) is 0 Å². The van der Waals surface area contributed by atoms with Crippen LogP contribution >= 0.6 is 0 Å². The van der Waals surface area contributed by atoms with Crippen molar-refractivity contribution in [1.29, 1.82) is 0 Å². The maximum atomic E-state index is 9.76. The third-order valence-corrected chi connectivity index (χ3v) is 3.53. The molecule has 0 bridgehead atoms. The third kappa shape index (κ3) is 3.58. The lowest BCUT2D eigenvalue weighted by atomic mass is 10.0. The van der Waals surface area contributed by atoms with Gasteiger partial charge >= 0.3 is 0 Å². The first-order chi connectivity index (χ1) is 9.08. The molecule has 0 spiro atoms. The molecule has 0 aliphatic carbocycles. The Hall–Kier alpha value is -1.32.